The molecule has 0 fully saturated rings. The molecule has 0 bridgehead atoms. The van der Waals surface area contributed by atoms with Crippen LogP contribution in [0.3, 0.4) is 0 Å². The second kappa shape index (κ2) is 5.29. The summed E-state index contributed by atoms with van der Waals surface area (Å²) in [5, 5.41) is 3.39. The molecule has 0 spiro atoms. The van der Waals surface area contributed by atoms with Crippen molar-refractivity contribution < 1.29 is 4.79 Å². The van der Waals surface area contributed by atoms with Crippen molar-refractivity contribution in [2.45, 2.75) is 0 Å². The van der Waals surface area contributed by atoms with Crippen LogP contribution in [0.2, 0.25) is 5.02 Å². The number of carbonyl (C=O) groups is 1. The van der Waals surface area contributed by atoms with Crippen molar-refractivity contribution in [3.63, 3.8) is 0 Å². The zero-order valence-electron chi connectivity index (χ0n) is 8.65. The van der Waals surface area contributed by atoms with Crippen LogP contribution in [0, 0.1) is 0 Å². The Labute approximate surface area is 112 Å². The van der Waals surface area contributed by atoms with Gasteiger partial charge in [-0.1, -0.05) is 11.6 Å². The van der Waals surface area contributed by atoms with E-state index in [0.717, 1.165) is 4.47 Å². The van der Waals surface area contributed by atoms with E-state index >= 15 is 0 Å². The predicted molar refractivity (Wildman–Crippen MR) is 71.3 cm³/mol. The Morgan fingerprint density at radius 3 is 2.59 bits per heavy atom. The Balaban J connectivity index is 2.19. The highest BCUT2D eigenvalue weighted by Gasteiger charge is 2.07. The minimum atomic E-state index is -0.185. The van der Waals surface area contributed by atoms with E-state index in [4.69, 9.17) is 11.6 Å². The Morgan fingerprint density at radius 1 is 1.24 bits per heavy atom. The molecule has 0 saturated heterocycles. The molecule has 2 aromatic rings. The van der Waals surface area contributed by atoms with Crippen molar-refractivity contribution in [1.82, 2.24) is 4.98 Å². The minimum absolute atomic E-state index is 0.185. The molecule has 1 heterocycles. The number of hydrogen-bond acceptors (Lipinski definition) is 2. The van der Waals surface area contributed by atoms with E-state index in [2.05, 4.69) is 26.2 Å². The van der Waals surface area contributed by atoms with Gasteiger partial charge in [0.25, 0.3) is 5.91 Å². The molecule has 3 nitrogen and oxygen atoms in total. The van der Waals surface area contributed by atoms with Gasteiger partial charge in [-0.25, -0.2) is 0 Å². The molecule has 86 valence electrons. The molecule has 0 unspecified atom stereocenters. The molecular formula is C12H8BrClN2O. The zero-order valence-corrected chi connectivity index (χ0v) is 11.0. The molecule has 0 aliphatic heterocycles. The molecule has 0 aliphatic rings. The normalized spacial score (nSPS) is 10.0. The van der Waals surface area contributed by atoms with Crippen LogP contribution < -0.4 is 5.32 Å². The molecule has 1 aromatic carbocycles. The fraction of sp³-hybridized carbons (Fsp3) is 0. The fourth-order valence-corrected chi connectivity index (χ4v) is 2.07. The van der Waals surface area contributed by atoms with Crippen LogP contribution in [0.25, 0.3) is 0 Å². The summed E-state index contributed by atoms with van der Waals surface area (Å²) in [6.45, 7) is 0. The molecule has 2 rings (SSSR count). The molecule has 0 atom stereocenters. The van der Waals surface area contributed by atoms with Gasteiger partial charge in [0.2, 0.25) is 0 Å². The lowest BCUT2D eigenvalue weighted by atomic mass is 10.2. The van der Waals surface area contributed by atoms with Crippen molar-refractivity contribution in [3.8, 4) is 0 Å². The maximum Gasteiger partial charge on any atom is 0.255 e. The standard InChI is InChI=1S/C12H8BrClN2O/c13-10-7-9(14)1-2-11(10)16-12(17)8-3-5-15-6-4-8/h1-7H,(H,16,17). The summed E-state index contributed by atoms with van der Waals surface area (Å²) in [6, 6.07) is 8.49. The van der Waals surface area contributed by atoms with Gasteiger partial charge in [-0.2, -0.15) is 0 Å². The Kier molecular flexibility index (Phi) is 3.76. The third-order valence-corrected chi connectivity index (χ3v) is 3.01. The zero-order chi connectivity index (χ0) is 12.3. The van der Waals surface area contributed by atoms with E-state index in [9.17, 15) is 4.79 Å². The van der Waals surface area contributed by atoms with Crippen LogP contribution in [0.4, 0.5) is 5.69 Å². The first kappa shape index (κ1) is 12.1. The second-order valence-electron chi connectivity index (χ2n) is 3.31. The van der Waals surface area contributed by atoms with Crippen molar-refractivity contribution in [2.75, 3.05) is 5.32 Å². The number of anilines is 1. The van der Waals surface area contributed by atoms with E-state index in [-0.39, 0.29) is 5.91 Å². The molecule has 1 N–H and O–H groups in total. The van der Waals surface area contributed by atoms with Gasteiger partial charge in [-0.15, -0.1) is 0 Å². The highest BCUT2D eigenvalue weighted by Crippen LogP contribution is 2.26. The quantitative estimate of drug-likeness (QED) is 0.918. The van der Waals surface area contributed by atoms with Crippen LogP contribution in [0.5, 0.6) is 0 Å². The molecule has 0 saturated carbocycles. The summed E-state index contributed by atoms with van der Waals surface area (Å²) in [7, 11) is 0. The summed E-state index contributed by atoms with van der Waals surface area (Å²) >= 11 is 9.16. The number of aromatic nitrogens is 1. The molecule has 1 amide bonds. The number of carbonyl (C=O) groups excluding carboxylic acids is 1. The van der Waals surface area contributed by atoms with Gasteiger partial charge in [0.15, 0.2) is 0 Å². The first-order valence-electron chi connectivity index (χ1n) is 4.83. The average molecular weight is 312 g/mol. The van der Waals surface area contributed by atoms with E-state index in [1.807, 2.05) is 0 Å². The molecule has 1 aromatic heterocycles. The molecule has 5 heteroatoms. The van der Waals surface area contributed by atoms with Gasteiger partial charge < -0.3 is 5.32 Å². The maximum atomic E-state index is 11.9. The van der Waals surface area contributed by atoms with Gasteiger partial charge in [0, 0.05) is 27.5 Å². The molecule has 0 aliphatic carbocycles. The van der Waals surface area contributed by atoms with Crippen LogP contribution in [0.1, 0.15) is 10.4 Å². The third kappa shape index (κ3) is 3.05. The number of nitrogens with one attached hydrogen (secondary N) is 1. The summed E-state index contributed by atoms with van der Waals surface area (Å²) in [6.07, 6.45) is 3.15. The summed E-state index contributed by atoms with van der Waals surface area (Å²) < 4.78 is 0.743. The van der Waals surface area contributed by atoms with Crippen LogP contribution in [-0.4, -0.2) is 10.9 Å². The number of halogens is 2. The molecule has 17 heavy (non-hydrogen) atoms. The highest BCUT2D eigenvalue weighted by molar-refractivity contribution is 9.10. The average Bonchev–Trinajstić information content (AvgIpc) is 2.34. The van der Waals surface area contributed by atoms with E-state index in [1.54, 1.807) is 42.7 Å². The largest absolute Gasteiger partial charge is 0.321 e. The lowest BCUT2D eigenvalue weighted by molar-refractivity contribution is 0.102. The fourth-order valence-electron chi connectivity index (χ4n) is 1.29. The smallest absolute Gasteiger partial charge is 0.255 e. The van der Waals surface area contributed by atoms with Gasteiger partial charge >= 0.3 is 0 Å². The van der Waals surface area contributed by atoms with Gasteiger partial charge in [-0.05, 0) is 46.3 Å². The topological polar surface area (TPSA) is 42.0 Å². The minimum Gasteiger partial charge on any atom is -0.321 e. The van der Waals surface area contributed by atoms with Gasteiger partial charge in [0.05, 0.1) is 5.69 Å². The third-order valence-electron chi connectivity index (χ3n) is 2.12. The summed E-state index contributed by atoms with van der Waals surface area (Å²) in [5.41, 5.74) is 1.23. The first-order chi connectivity index (χ1) is 8.16. The maximum absolute atomic E-state index is 11.9. The van der Waals surface area contributed by atoms with Crippen LogP contribution in [-0.2, 0) is 0 Å². The van der Waals surface area contributed by atoms with Crippen molar-refractivity contribution in [2.24, 2.45) is 0 Å². The molecule has 0 radical (unpaired) electrons. The lowest BCUT2D eigenvalue weighted by Crippen LogP contribution is -2.12. The Morgan fingerprint density at radius 2 is 1.94 bits per heavy atom. The molecular weight excluding hydrogens is 304 g/mol. The second-order valence-corrected chi connectivity index (χ2v) is 4.60. The number of amides is 1. The van der Waals surface area contributed by atoms with E-state index < -0.39 is 0 Å². The van der Waals surface area contributed by atoms with E-state index in [0.29, 0.717) is 16.3 Å². The Hall–Kier alpha value is -1.39. The number of pyridine rings is 1. The SMILES string of the molecule is O=C(Nc1ccc(Cl)cc1Br)c1ccncc1. The predicted octanol–water partition coefficient (Wildman–Crippen LogP) is 3.75. The van der Waals surface area contributed by atoms with Crippen molar-refractivity contribution in [3.05, 3.63) is 57.8 Å². The monoisotopic (exact) mass is 310 g/mol. The Bertz CT molecular complexity index is 545. The van der Waals surface area contributed by atoms with Gasteiger partial charge in [-0.3, -0.25) is 9.78 Å². The number of hydrogen-bond donors (Lipinski definition) is 1. The number of benzene rings is 1. The summed E-state index contributed by atoms with van der Waals surface area (Å²) in [5.74, 6) is -0.185. The van der Waals surface area contributed by atoms with Gasteiger partial charge in [0.1, 0.15) is 0 Å². The van der Waals surface area contributed by atoms with Crippen LogP contribution in [0.15, 0.2) is 47.2 Å². The van der Waals surface area contributed by atoms with Crippen LogP contribution >= 0.6 is 27.5 Å². The van der Waals surface area contributed by atoms with Crippen molar-refractivity contribution >= 4 is 39.1 Å². The highest BCUT2D eigenvalue weighted by atomic mass is 79.9. The van der Waals surface area contributed by atoms with E-state index in [1.165, 1.54) is 0 Å². The lowest BCUT2D eigenvalue weighted by Gasteiger charge is -2.07. The summed E-state index contributed by atoms with van der Waals surface area (Å²) in [4.78, 5) is 15.7. The number of rotatable bonds is 2. The first-order valence-corrected chi connectivity index (χ1v) is 6.00. The number of nitrogens with zero attached hydrogens (tertiary/aromatic N) is 1. The van der Waals surface area contributed by atoms with Crippen molar-refractivity contribution in [1.29, 1.82) is 0 Å².